The predicted octanol–water partition coefficient (Wildman–Crippen LogP) is 2.22. The van der Waals surface area contributed by atoms with Crippen LogP contribution < -0.4 is 15.2 Å². The molecule has 6 heteroatoms. The first-order chi connectivity index (χ1) is 9.63. The van der Waals surface area contributed by atoms with Gasteiger partial charge in [0.05, 0.1) is 7.11 Å². The minimum absolute atomic E-state index is 0.0584. The van der Waals surface area contributed by atoms with Gasteiger partial charge in [0.1, 0.15) is 0 Å². The van der Waals surface area contributed by atoms with Gasteiger partial charge in [0.2, 0.25) is 0 Å². The molecule has 1 saturated carbocycles. The van der Waals surface area contributed by atoms with Crippen molar-refractivity contribution in [1.82, 2.24) is 4.90 Å². The summed E-state index contributed by atoms with van der Waals surface area (Å²) in [6.45, 7) is -0.662. The predicted molar refractivity (Wildman–Crippen MR) is 72.1 cm³/mol. The molecule has 0 heterocycles. The van der Waals surface area contributed by atoms with Crippen molar-refractivity contribution in [2.24, 2.45) is 5.73 Å². The average Bonchev–Trinajstić information content (AvgIpc) is 3.23. The van der Waals surface area contributed by atoms with Crippen LogP contribution in [0.4, 0.5) is 8.78 Å². The number of nitrogens with two attached hydrogens (primary N) is 1. The number of rotatable bonds is 8. The second-order valence-corrected chi connectivity index (χ2v) is 4.85. The Labute approximate surface area is 117 Å². The van der Waals surface area contributed by atoms with Gasteiger partial charge in [-0.2, -0.15) is 8.78 Å². The molecule has 0 saturated heterocycles. The van der Waals surface area contributed by atoms with Crippen molar-refractivity contribution in [3.05, 3.63) is 23.8 Å². The fourth-order valence-electron chi connectivity index (χ4n) is 2.23. The van der Waals surface area contributed by atoms with Gasteiger partial charge in [-0.1, -0.05) is 6.07 Å². The lowest BCUT2D eigenvalue weighted by Gasteiger charge is -2.21. The Hall–Kier alpha value is -1.40. The van der Waals surface area contributed by atoms with E-state index in [1.165, 1.54) is 26.0 Å². The Morgan fingerprint density at radius 1 is 1.35 bits per heavy atom. The van der Waals surface area contributed by atoms with E-state index >= 15 is 0 Å². The molecule has 0 radical (unpaired) electrons. The Morgan fingerprint density at radius 3 is 2.65 bits per heavy atom. The largest absolute Gasteiger partial charge is 0.493 e. The normalized spacial score (nSPS) is 14.9. The number of halogens is 2. The molecule has 1 aliphatic rings. The van der Waals surface area contributed by atoms with Crippen LogP contribution in [0.15, 0.2) is 18.2 Å². The van der Waals surface area contributed by atoms with Crippen LogP contribution in [-0.2, 0) is 6.54 Å². The van der Waals surface area contributed by atoms with Crippen LogP contribution in [0.2, 0.25) is 0 Å². The number of ether oxygens (including phenoxy) is 2. The third-order valence-electron chi connectivity index (χ3n) is 3.31. The molecule has 0 unspecified atom stereocenters. The van der Waals surface area contributed by atoms with Gasteiger partial charge in [-0.3, -0.25) is 4.90 Å². The van der Waals surface area contributed by atoms with Crippen molar-refractivity contribution in [3.63, 3.8) is 0 Å². The van der Waals surface area contributed by atoms with Crippen molar-refractivity contribution in [2.45, 2.75) is 32.0 Å². The molecule has 0 aliphatic heterocycles. The number of methoxy groups -OCH3 is 1. The van der Waals surface area contributed by atoms with E-state index in [2.05, 4.69) is 9.64 Å². The molecule has 112 valence electrons. The van der Waals surface area contributed by atoms with Gasteiger partial charge in [0.15, 0.2) is 11.5 Å². The summed E-state index contributed by atoms with van der Waals surface area (Å²) in [6, 6.07) is 5.64. The van der Waals surface area contributed by atoms with Crippen LogP contribution in [0.25, 0.3) is 0 Å². The van der Waals surface area contributed by atoms with Crippen LogP contribution in [0, 0.1) is 0 Å². The number of nitrogens with zero attached hydrogens (tertiary/aromatic N) is 1. The van der Waals surface area contributed by atoms with E-state index in [1.807, 2.05) is 0 Å². The number of hydrogen-bond acceptors (Lipinski definition) is 4. The van der Waals surface area contributed by atoms with Crippen molar-refractivity contribution >= 4 is 0 Å². The first kappa shape index (κ1) is 15.0. The topological polar surface area (TPSA) is 47.7 Å². The van der Waals surface area contributed by atoms with E-state index in [4.69, 9.17) is 10.5 Å². The summed E-state index contributed by atoms with van der Waals surface area (Å²) in [5, 5.41) is 0. The van der Waals surface area contributed by atoms with Crippen LogP contribution in [-0.4, -0.2) is 37.8 Å². The van der Waals surface area contributed by atoms with E-state index in [0.717, 1.165) is 18.7 Å². The molecule has 2 rings (SSSR count). The molecule has 1 fully saturated rings. The molecule has 0 atom stereocenters. The minimum atomic E-state index is -2.85. The first-order valence-electron chi connectivity index (χ1n) is 6.70. The SMILES string of the molecule is COc1cc(CN(CCN)C2CC2)ccc1OC(F)F. The van der Waals surface area contributed by atoms with Crippen LogP contribution in [0.5, 0.6) is 11.5 Å². The van der Waals surface area contributed by atoms with E-state index in [-0.39, 0.29) is 5.75 Å². The Balaban J connectivity index is 2.07. The second-order valence-electron chi connectivity index (χ2n) is 4.85. The molecule has 0 spiro atoms. The monoisotopic (exact) mass is 286 g/mol. The van der Waals surface area contributed by atoms with Gasteiger partial charge < -0.3 is 15.2 Å². The highest BCUT2D eigenvalue weighted by molar-refractivity contribution is 5.43. The van der Waals surface area contributed by atoms with Crippen LogP contribution in [0.3, 0.4) is 0 Å². The lowest BCUT2D eigenvalue weighted by molar-refractivity contribution is -0.0512. The van der Waals surface area contributed by atoms with E-state index in [1.54, 1.807) is 12.1 Å². The lowest BCUT2D eigenvalue weighted by Crippen LogP contribution is -2.31. The second kappa shape index (κ2) is 6.85. The van der Waals surface area contributed by atoms with Crippen molar-refractivity contribution < 1.29 is 18.3 Å². The van der Waals surface area contributed by atoms with E-state index < -0.39 is 6.61 Å². The third-order valence-corrected chi connectivity index (χ3v) is 3.31. The zero-order chi connectivity index (χ0) is 14.5. The highest BCUT2D eigenvalue weighted by Gasteiger charge is 2.28. The van der Waals surface area contributed by atoms with Crippen LogP contribution >= 0.6 is 0 Å². The minimum Gasteiger partial charge on any atom is -0.493 e. The van der Waals surface area contributed by atoms with Crippen molar-refractivity contribution in [2.75, 3.05) is 20.2 Å². The third kappa shape index (κ3) is 4.05. The molecule has 0 bridgehead atoms. The summed E-state index contributed by atoms with van der Waals surface area (Å²) in [6.07, 6.45) is 2.40. The maximum absolute atomic E-state index is 12.3. The molecule has 4 nitrogen and oxygen atoms in total. The van der Waals surface area contributed by atoms with Gasteiger partial charge in [0.25, 0.3) is 0 Å². The molecule has 20 heavy (non-hydrogen) atoms. The van der Waals surface area contributed by atoms with Crippen molar-refractivity contribution in [3.8, 4) is 11.5 Å². The molecular weight excluding hydrogens is 266 g/mol. The standard InChI is InChI=1S/C14H20F2N2O2/c1-19-13-8-10(2-5-12(13)20-14(15)16)9-18(7-6-17)11-3-4-11/h2,5,8,11,14H,3-4,6-7,9,17H2,1H3. The van der Waals surface area contributed by atoms with Gasteiger partial charge >= 0.3 is 6.61 Å². The van der Waals surface area contributed by atoms with E-state index in [9.17, 15) is 8.78 Å². The van der Waals surface area contributed by atoms with Gasteiger partial charge in [-0.25, -0.2) is 0 Å². The smallest absolute Gasteiger partial charge is 0.387 e. The summed E-state index contributed by atoms with van der Waals surface area (Å²) >= 11 is 0. The molecule has 0 aromatic heterocycles. The zero-order valence-corrected chi connectivity index (χ0v) is 11.5. The van der Waals surface area contributed by atoms with E-state index in [0.29, 0.717) is 18.3 Å². The molecule has 0 amide bonds. The summed E-state index contributed by atoms with van der Waals surface area (Å²) in [5.41, 5.74) is 6.62. The number of hydrogen-bond donors (Lipinski definition) is 1. The summed E-state index contributed by atoms with van der Waals surface area (Å²) in [5.74, 6) is 0.384. The van der Waals surface area contributed by atoms with Gasteiger partial charge in [-0.15, -0.1) is 0 Å². The molecule has 1 aromatic carbocycles. The molecule has 1 aliphatic carbocycles. The number of alkyl halides is 2. The summed E-state index contributed by atoms with van der Waals surface area (Å²) in [4.78, 5) is 2.31. The quantitative estimate of drug-likeness (QED) is 0.796. The Kier molecular flexibility index (Phi) is 5.14. The summed E-state index contributed by atoms with van der Waals surface area (Å²) < 4.78 is 34.0. The van der Waals surface area contributed by atoms with Gasteiger partial charge in [0, 0.05) is 25.7 Å². The molecule has 2 N–H and O–H groups in total. The highest BCUT2D eigenvalue weighted by atomic mass is 19.3. The fourth-order valence-corrected chi connectivity index (χ4v) is 2.23. The van der Waals surface area contributed by atoms with Gasteiger partial charge in [-0.05, 0) is 30.5 Å². The fraction of sp³-hybridized carbons (Fsp3) is 0.571. The molecular formula is C14H20F2N2O2. The van der Waals surface area contributed by atoms with Crippen molar-refractivity contribution in [1.29, 1.82) is 0 Å². The Bertz CT molecular complexity index is 439. The molecule has 1 aromatic rings. The Morgan fingerprint density at radius 2 is 2.10 bits per heavy atom. The average molecular weight is 286 g/mol. The lowest BCUT2D eigenvalue weighted by atomic mass is 10.2. The maximum Gasteiger partial charge on any atom is 0.387 e. The maximum atomic E-state index is 12.3. The number of benzene rings is 1. The summed E-state index contributed by atoms with van der Waals surface area (Å²) in [7, 11) is 1.44. The highest BCUT2D eigenvalue weighted by Crippen LogP contribution is 2.32. The first-order valence-corrected chi connectivity index (χ1v) is 6.70. The van der Waals surface area contributed by atoms with Crippen LogP contribution in [0.1, 0.15) is 18.4 Å². The zero-order valence-electron chi connectivity index (χ0n) is 11.5.